The van der Waals surface area contributed by atoms with Crippen LogP contribution in [0.15, 0.2) is 24.3 Å². The number of benzene rings is 1. The monoisotopic (exact) mass is 414 g/mol. The van der Waals surface area contributed by atoms with Crippen LogP contribution >= 0.6 is 0 Å². The number of hydrogen-bond donors (Lipinski definition) is 0. The van der Waals surface area contributed by atoms with Gasteiger partial charge in [-0.1, -0.05) is 6.92 Å². The Bertz CT molecular complexity index is 693. The van der Waals surface area contributed by atoms with Crippen molar-refractivity contribution in [1.82, 2.24) is 9.80 Å². The maximum absolute atomic E-state index is 12.4. The summed E-state index contributed by atoms with van der Waals surface area (Å²) in [7, 11) is 0. The maximum Gasteiger partial charge on any atom is 0.223 e. The molecule has 5 nitrogen and oxygen atoms in total. The van der Waals surface area contributed by atoms with E-state index in [1.807, 2.05) is 29.2 Å². The minimum absolute atomic E-state index is 0.194. The summed E-state index contributed by atoms with van der Waals surface area (Å²) >= 11 is 0. The third kappa shape index (κ3) is 5.90. The number of rotatable bonds is 9. The molecule has 5 heteroatoms. The van der Waals surface area contributed by atoms with E-state index < -0.39 is 0 Å². The minimum atomic E-state index is 0.194. The zero-order chi connectivity index (χ0) is 21.0. The molecule has 2 heterocycles. The molecule has 1 aromatic carbocycles. The largest absolute Gasteiger partial charge is 0.494 e. The molecule has 1 saturated carbocycles. The lowest BCUT2D eigenvalue weighted by atomic mass is 10.0. The van der Waals surface area contributed by atoms with Crippen LogP contribution in [0.25, 0.3) is 0 Å². The van der Waals surface area contributed by atoms with E-state index >= 15 is 0 Å². The van der Waals surface area contributed by atoms with Crippen LogP contribution in [0.2, 0.25) is 0 Å². The Labute approximate surface area is 181 Å². The molecule has 4 rings (SSSR count). The second-order valence-electron chi connectivity index (χ2n) is 9.89. The average molecular weight is 415 g/mol. The molecule has 0 spiro atoms. The number of piperidine rings is 1. The van der Waals surface area contributed by atoms with Crippen molar-refractivity contribution in [2.45, 2.75) is 77.4 Å². The first-order valence-corrected chi connectivity index (χ1v) is 11.9. The zero-order valence-corrected chi connectivity index (χ0v) is 18.8. The summed E-state index contributed by atoms with van der Waals surface area (Å²) < 4.78 is 12.1. The summed E-state index contributed by atoms with van der Waals surface area (Å²) in [5.74, 6) is 2.13. The molecule has 1 amide bonds. The molecule has 0 N–H and O–H groups in total. The molecule has 0 unspecified atom stereocenters. The van der Waals surface area contributed by atoms with E-state index in [9.17, 15) is 4.79 Å². The fraction of sp³-hybridized carbons (Fsp3) is 0.720. The molecular weight excluding hydrogens is 376 g/mol. The predicted molar refractivity (Wildman–Crippen MR) is 119 cm³/mol. The van der Waals surface area contributed by atoms with E-state index in [0.717, 1.165) is 69.5 Å². The maximum atomic E-state index is 12.4. The fourth-order valence-electron chi connectivity index (χ4n) is 4.68. The van der Waals surface area contributed by atoms with Crippen molar-refractivity contribution in [1.29, 1.82) is 0 Å². The van der Waals surface area contributed by atoms with E-state index in [0.29, 0.717) is 11.3 Å². The fourth-order valence-corrected chi connectivity index (χ4v) is 4.68. The molecular formula is C25H38N2O3. The molecule has 3 aliphatic rings. The van der Waals surface area contributed by atoms with Crippen molar-refractivity contribution in [3.63, 3.8) is 0 Å². The van der Waals surface area contributed by atoms with Gasteiger partial charge >= 0.3 is 0 Å². The van der Waals surface area contributed by atoms with Crippen molar-refractivity contribution in [3.8, 4) is 11.5 Å². The lowest BCUT2D eigenvalue weighted by Crippen LogP contribution is -2.42. The normalized spacial score (nSPS) is 24.1. The van der Waals surface area contributed by atoms with Crippen LogP contribution in [0.5, 0.6) is 11.5 Å². The first kappa shape index (κ1) is 21.5. The second-order valence-corrected chi connectivity index (χ2v) is 9.89. The van der Waals surface area contributed by atoms with Gasteiger partial charge in [-0.15, -0.1) is 0 Å². The molecule has 2 aliphatic heterocycles. The summed E-state index contributed by atoms with van der Waals surface area (Å²) in [6.45, 7) is 9.30. The number of ether oxygens (including phenoxy) is 2. The van der Waals surface area contributed by atoms with E-state index in [4.69, 9.17) is 9.47 Å². The molecule has 3 fully saturated rings. The van der Waals surface area contributed by atoms with E-state index in [1.54, 1.807) is 0 Å². The minimum Gasteiger partial charge on any atom is -0.494 e. The van der Waals surface area contributed by atoms with E-state index in [-0.39, 0.29) is 6.10 Å². The Balaban J connectivity index is 1.13. The predicted octanol–water partition coefficient (Wildman–Crippen LogP) is 4.50. The lowest BCUT2D eigenvalue weighted by Gasteiger charge is -2.33. The first-order chi connectivity index (χ1) is 14.5. The summed E-state index contributed by atoms with van der Waals surface area (Å²) in [5, 5.41) is 0. The Hall–Kier alpha value is -1.75. The Morgan fingerprint density at radius 1 is 1.07 bits per heavy atom. The molecule has 0 aromatic heterocycles. The van der Waals surface area contributed by atoms with Gasteiger partial charge in [0.25, 0.3) is 0 Å². The molecule has 2 saturated heterocycles. The first-order valence-electron chi connectivity index (χ1n) is 11.9. The summed E-state index contributed by atoms with van der Waals surface area (Å²) in [4.78, 5) is 17.0. The van der Waals surface area contributed by atoms with Gasteiger partial charge in [-0.3, -0.25) is 4.79 Å². The van der Waals surface area contributed by atoms with Crippen LogP contribution < -0.4 is 9.47 Å². The van der Waals surface area contributed by atoms with Crippen molar-refractivity contribution in [2.24, 2.45) is 5.41 Å². The SMILES string of the molecule is C[C@@H]1CCCN1CCCOc1ccc(OC2CCN(C(=O)CC3(C)CC3)CC2)cc1. The number of hydrogen-bond acceptors (Lipinski definition) is 4. The van der Waals surface area contributed by atoms with Crippen molar-refractivity contribution in [3.05, 3.63) is 24.3 Å². The van der Waals surface area contributed by atoms with Crippen molar-refractivity contribution >= 4 is 5.91 Å². The van der Waals surface area contributed by atoms with Crippen LogP contribution in [0.3, 0.4) is 0 Å². The van der Waals surface area contributed by atoms with E-state index in [2.05, 4.69) is 18.7 Å². The van der Waals surface area contributed by atoms with E-state index in [1.165, 1.54) is 32.2 Å². The topological polar surface area (TPSA) is 42.0 Å². The second kappa shape index (κ2) is 9.59. The van der Waals surface area contributed by atoms with Crippen LogP contribution in [-0.4, -0.2) is 60.6 Å². The van der Waals surface area contributed by atoms with Gasteiger partial charge < -0.3 is 19.3 Å². The molecule has 0 radical (unpaired) electrons. The van der Waals surface area contributed by atoms with Gasteiger partial charge in [0, 0.05) is 44.9 Å². The summed E-state index contributed by atoms with van der Waals surface area (Å²) in [5.41, 5.74) is 0.293. The van der Waals surface area contributed by atoms with Gasteiger partial charge in [0.1, 0.15) is 17.6 Å². The van der Waals surface area contributed by atoms with Gasteiger partial charge in [-0.25, -0.2) is 0 Å². The van der Waals surface area contributed by atoms with Crippen molar-refractivity contribution in [2.75, 3.05) is 32.8 Å². The highest BCUT2D eigenvalue weighted by molar-refractivity contribution is 5.77. The third-order valence-corrected chi connectivity index (χ3v) is 7.15. The Morgan fingerprint density at radius 3 is 2.40 bits per heavy atom. The zero-order valence-electron chi connectivity index (χ0n) is 18.8. The van der Waals surface area contributed by atoms with Crippen molar-refractivity contribution < 1.29 is 14.3 Å². The smallest absolute Gasteiger partial charge is 0.223 e. The van der Waals surface area contributed by atoms with Gasteiger partial charge in [-0.05, 0) is 75.3 Å². The quantitative estimate of drug-likeness (QED) is 0.558. The summed E-state index contributed by atoms with van der Waals surface area (Å²) in [6.07, 6.45) is 8.88. The lowest BCUT2D eigenvalue weighted by molar-refractivity contribution is -0.134. The standard InChI is InChI=1S/C25H38N2O3/c1-20-5-3-14-26(20)15-4-18-29-21-6-8-22(9-7-21)30-23-10-16-27(17-11-23)24(28)19-25(2)12-13-25/h6-9,20,23H,3-5,10-19H2,1-2H3/t20-/m1/s1. The highest BCUT2D eigenvalue weighted by atomic mass is 16.5. The number of carbonyl (C=O) groups excluding carboxylic acids is 1. The van der Waals surface area contributed by atoms with Crippen LogP contribution in [0.4, 0.5) is 0 Å². The van der Waals surface area contributed by atoms with Gasteiger partial charge in [0.15, 0.2) is 0 Å². The third-order valence-electron chi connectivity index (χ3n) is 7.15. The van der Waals surface area contributed by atoms with Crippen LogP contribution in [0, 0.1) is 5.41 Å². The Kier molecular flexibility index (Phi) is 6.87. The number of amides is 1. The van der Waals surface area contributed by atoms with Gasteiger partial charge in [-0.2, -0.15) is 0 Å². The number of nitrogens with zero attached hydrogens (tertiary/aromatic N) is 2. The average Bonchev–Trinajstić information content (AvgIpc) is 3.33. The highest BCUT2D eigenvalue weighted by Crippen LogP contribution is 2.48. The van der Waals surface area contributed by atoms with Crippen LogP contribution in [-0.2, 0) is 4.79 Å². The molecule has 30 heavy (non-hydrogen) atoms. The Morgan fingerprint density at radius 2 is 1.77 bits per heavy atom. The molecule has 1 atom stereocenters. The van der Waals surface area contributed by atoms with Gasteiger partial charge in [0.05, 0.1) is 6.61 Å². The molecule has 0 bridgehead atoms. The summed E-state index contributed by atoms with van der Waals surface area (Å²) in [6, 6.07) is 8.74. The highest BCUT2D eigenvalue weighted by Gasteiger charge is 2.40. The molecule has 166 valence electrons. The van der Waals surface area contributed by atoms with Gasteiger partial charge in [0.2, 0.25) is 5.91 Å². The molecule has 1 aliphatic carbocycles. The number of carbonyl (C=O) groups is 1. The molecule has 1 aromatic rings. The van der Waals surface area contributed by atoms with Crippen LogP contribution in [0.1, 0.15) is 65.2 Å². The number of likely N-dealkylation sites (tertiary alicyclic amines) is 2.